The zero-order valence-corrected chi connectivity index (χ0v) is 9.14. The van der Waals surface area contributed by atoms with Crippen LogP contribution in [0, 0.1) is 5.41 Å². The highest BCUT2D eigenvalue weighted by atomic mass is 14.4. The molecule has 0 fully saturated rings. The smallest absolute Gasteiger partial charge is 0.0436 e. The van der Waals surface area contributed by atoms with Crippen LogP contribution in [-0.2, 0) is 19.3 Å². The van der Waals surface area contributed by atoms with E-state index in [9.17, 15) is 0 Å². The molecule has 2 aliphatic carbocycles. The van der Waals surface area contributed by atoms with Crippen molar-refractivity contribution in [1.29, 1.82) is 5.41 Å². The van der Waals surface area contributed by atoms with Crippen molar-refractivity contribution < 1.29 is 0 Å². The summed E-state index contributed by atoms with van der Waals surface area (Å²) in [6, 6.07) is 8.91. The molecule has 0 radical (unpaired) electrons. The second-order valence-electron chi connectivity index (χ2n) is 4.91. The zero-order valence-electron chi connectivity index (χ0n) is 9.14. The Bertz CT molecular complexity index is 627. The van der Waals surface area contributed by atoms with E-state index >= 15 is 0 Å². The summed E-state index contributed by atoms with van der Waals surface area (Å²) in [6.07, 6.45) is 4.52. The number of nitrogens with one attached hydrogen (secondary N) is 1. The van der Waals surface area contributed by atoms with Crippen molar-refractivity contribution >= 4 is 16.5 Å². The van der Waals surface area contributed by atoms with Crippen molar-refractivity contribution in [3.05, 3.63) is 46.5 Å². The first kappa shape index (κ1) is 8.51. The summed E-state index contributed by atoms with van der Waals surface area (Å²) >= 11 is 0. The average molecular weight is 207 g/mol. The molecule has 1 N–H and O–H groups in total. The minimum Gasteiger partial charge on any atom is -0.304 e. The Balaban J connectivity index is 2.27. The molecule has 0 saturated heterocycles. The first-order valence-corrected chi connectivity index (χ1v) is 5.99. The van der Waals surface area contributed by atoms with Gasteiger partial charge in [-0.25, -0.2) is 0 Å². The standard InChI is InChI=1S/C15H13N/c16-13-8-11-5-4-9-2-1-3-10-6-7-12(13)15(11)14(9)10/h4-7,16H,1-3,8H2. The lowest BCUT2D eigenvalue weighted by molar-refractivity contribution is 0.808. The largest absolute Gasteiger partial charge is 0.304 e. The van der Waals surface area contributed by atoms with Gasteiger partial charge in [0.15, 0.2) is 0 Å². The second-order valence-corrected chi connectivity index (χ2v) is 4.91. The SMILES string of the molecule is N=C1Cc2ccc3c4c(ccc1c24)CCC3. The molecule has 0 atom stereocenters. The maximum absolute atomic E-state index is 8.04. The van der Waals surface area contributed by atoms with Crippen LogP contribution in [0.3, 0.4) is 0 Å². The summed E-state index contributed by atoms with van der Waals surface area (Å²) < 4.78 is 0. The van der Waals surface area contributed by atoms with Gasteiger partial charge in [0.25, 0.3) is 0 Å². The van der Waals surface area contributed by atoms with E-state index in [2.05, 4.69) is 24.3 Å². The van der Waals surface area contributed by atoms with Crippen LogP contribution >= 0.6 is 0 Å². The van der Waals surface area contributed by atoms with Crippen molar-refractivity contribution in [2.24, 2.45) is 0 Å². The summed E-state index contributed by atoms with van der Waals surface area (Å²) in [4.78, 5) is 0. The predicted octanol–water partition coefficient (Wildman–Crippen LogP) is 3.25. The van der Waals surface area contributed by atoms with Gasteiger partial charge in [-0.05, 0) is 46.7 Å². The van der Waals surface area contributed by atoms with Gasteiger partial charge < -0.3 is 5.41 Å². The monoisotopic (exact) mass is 207 g/mol. The van der Waals surface area contributed by atoms with Crippen LogP contribution in [0.15, 0.2) is 24.3 Å². The van der Waals surface area contributed by atoms with Gasteiger partial charge in [-0.15, -0.1) is 0 Å². The van der Waals surface area contributed by atoms with E-state index in [1.54, 1.807) is 0 Å². The summed E-state index contributed by atoms with van der Waals surface area (Å²) in [6.45, 7) is 0. The van der Waals surface area contributed by atoms with Crippen LogP contribution in [-0.4, -0.2) is 5.71 Å². The number of hydrogen-bond acceptors (Lipinski definition) is 1. The predicted molar refractivity (Wildman–Crippen MR) is 66.5 cm³/mol. The Labute approximate surface area is 94.6 Å². The minimum atomic E-state index is 0.796. The molecule has 16 heavy (non-hydrogen) atoms. The molecule has 0 saturated carbocycles. The molecule has 2 aromatic carbocycles. The van der Waals surface area contributed by atoms with Crippen molar-refractivity contribution in [2.75, 3.05) is 0 Å². The van der Waals surface area contributed by atoms with Gasteiger partial charge in [-0.3, -0.25) is 0 Å². The third-order valence-electron chi connectivity index (χ3n) is 4.00. The zero-order chi connectivity index (χ0) is 10.7. The molecule has 0 amide bonds. The van der Waals surface area contributed by atoms with E-state index in [4.69, 9.17) is 5.41 Å². The molecular formula is C15H13N. The molecule has 78 valence electrons. The maximum atomic E-state index is 8.04. The number of benzene rings is 2. The van der Waals surface area contributed by atoms with Crippen molar-refractivity contribution in [2.45, 2.75) is 25.7 Å². The summed E-state index contributed by atoms with van der Waals surface area (Å²) in [7, 11) is 0. The molecule has 4 rings (SSSR count). The van der Waals surface area contributed by atoms with Crippen LogP contribution in [0.2, 0.25) is 0 Å². The van der Waals surface area contributed by atoms with Crippen LogP contribution < -0.4 is 0 Å². The Morgan fingerprint density at radius 2 is 1.50 bits per heavy atom. The van der Waals surface area contributed by atoms with Gasteiger partial charge in [0.05, 0.1) is 0 Å². The lowest BCUT2D eigenvalue weighted by Crippen LogP contribution is -2.02. The van der Waals surface area contributed by atoms with Gasteiger partial charge in [-0.1, -0.05) is 24.3 Å². The Hall–Kier alpha value is -1.63. The van der Waals surface area contributed by atoms with Crippen LogP contribution in [0.5, 0.6) is 0 Å². The van der Waals surface area contributed by atoms with E-state index < -0.39 is 0 Å². The lowest BCUT2D eigenvalue weighted by Gasteiger charge is -2.18. The molecule has 0 bridgehead atoms. The number of rotatable bonds is 0. The quantitative estimate of drug-likeness (QED) is 0.685. The van der Waals surface area contributed by atoms with Crippen molar-refractivity contribution in [3.8, 4) is 0 Å². The molecular weight excluding hydrogens is 194 g/mol. The highest BCUT2D eigenvalue weighted by Gasteiger charge is 2.23. The third kappa shape index (κ3) is 0.891. The first-order valence-electron chi connectivity index (χ1n) is 5.99. The molecule has 2 aliphatic rings. The van der Waals surface area contributed by atoms with E-state index in [1.165, 1.54) is 52.3 Å². The second kappa shape index (κ2) is 2.73. The van der Waals surface area contributed by atoms with Crippen molar-refractivity contribution in [3.63, 3.8) is 0 Å². The summed E-state index contributed by atoms with van der Waals surface area (Å²) in [5.41, 5.74) is 6.33. The van der Waals surface area contributed by atoms with Crippen LogP contribution in [0.1, 0.15) is 28.7 Å². The topological polar surface area (TPSA) is 23.9 Å². The van der Waals surface area contributed by atoms with Gasteiger partial charge >= 0.3 is 0 Å². The maximum Gasteiger partial charge on any atom is 0.0436 e. The van der Waals surface area contributed by atoms with E-state index in [-0.39, 0.29) is 0 Å². The summed E-state index contributed by atoms with van der Waals surface area (Å²) in [5.74, 6) is 0. The van der Waals surface area contributed by atoms with E-state index in [0.717, 1.165) is 12.1 Å². The minimum absolute atomic E-state index is 0.796. The first-order chi connectivity index (χ1) is 7.84. The molecule has 0 spiro atoms. The fraction of sp³-hybridized carbons (Fsp3) is 0.267. The average Bonchev–Trinajstić information content (AvgIpc) is 2.65. The van der Waals surface area contributed by atoms with Gasteiger partial charge in [0.1, 0.15) is 0 Å². The Morgan fingerprint density at radius 1 is 0.812 bits per heavy atom. The summed E-state index contributed by atoms with van der Waals surface area (Å²) in [5, 5.41) is 10.9. The molecule has 2 aromatic rings. The number of aryl methyl sites for hydroxylation is 2. The molecule has 1 nitrogen and oxygen atoms in total. The fourth-order valence-electron chi connectivity index (χ4n) is 3.28. The van der Waals surface area contributed by atoms with Crippen LogP contribution in [0.4, 0.5) is 0 Å². The number of hydrogen-bond donors (Lipinski definition) is 1. The normalized spacial score (nSPS) is 17.1. The molecule has 0 aromatic heterocycles. The van der Waals surface area contributed by atoms with Crippen LogP contribution in [0.25, 0.3) is 10.8 Å². The van der Waals surface area contributed by atoms with Gasteiger partial charge in [0.2, 0.25) is 0 Å². The molecule has 0 unspecified atom stereocenters. The lowest BCUT2D eigenvalue weighted by atomic mass is 9.87. The van der Waals surface area contributed by atoms with Gasteiger partial charge in [-0.2, -0.15) is 0 Å². The van der Waals surface area contributed by atoms with E-state index in [1.807, 2.05) is 0 Å². The Morgan fingerprint density at radius 3 is 2.31 bits per heavy atom. The highest BCUT2D eigenvalue weighted by Crippen LogP contribution is 2.37. The fourth-order valence-corrected chi connectivity index (χ4v) is 3.28. The third-order valence-corrected chi connectivity index (χ3v) is 4.00. The Kier molecular flexibility index (Phi) is 1.45. The highest BCUT2D eigenvalue weighted by molar-refractivity contribution is 6.18. The molecule has 1 heteroatoms. The van der Waals surface area contributed by atoms with Crippen molar-refractivity contribution in [1.82, 2.24) is 0 Å². The van der Waals surface area contributed by atoms with E-state index in [0.29, 0.717) is 0 Å². The molecule has 0 aliphatic heterocycles. The van der Waals surface area contributed by atoms with Gasteiger partial charge in [0, 0.05) is 17.7 Å². The molecule has 0 heterocycles.